The minimum absolute atomic E-state index is 0.0322. The second kappa shape index (κ2) is 7.91. The highest BCUT2D eigenvalue weighted by Gasteiger charge is 2.12. The minimum atomic E-state index is -0.187. The maximum absolute atomic E-state index is 12.1. The van der Waals surface area contributed by atoms with Gasteiger partial charge >= 0.3 is 6.03 Å². The molecule has 2 rings (SSSR count). The number of aromatic nitrogens is 1. The van der Waals surface area contributed by atoms with Crippen molar-refractivity contribution in [3.8, 4) is 11.3 Å². The van der Waals surface area contributed by atoms with Crippen molar-refractivity contribution in [3.63, 3.8) is 0 Å². The molecule has 2 amide bonds. The summed E-state index contributed by atoms with van der Waals surface area (Å²) in [6.07, 6.45) is 0.857. The van der Waals surface area contributed by atoms with E-state index in [1.807, 2.05) is 43.5 Å². The van der Waals surface area contributed by atoms with Crippen LogP contribution in [0.1, 0.15) is 18.4 Å². The number of aliphatic hydroxyl groups is 1. The van der Waals surface area contributed by atoms with Gasteiger partial charge in [-0.15, -0.1) is 11.3 Å². The molecule has 0 unspecified atom stereocenters. The van der Waals surface area contributed by atoms with Crippen LogP contribution in [0.5, 0.6) is 0 Å². The number of nitrogens with one attached hydrogen (secondary N) is 1. The molecular weight excluding hydrogens is 298 g/mol. The molecule has 1 aromatic carbocycles. The van der Waals surface area contributed by atoms with Gasteiger partial charge in [0, 0.05) is 29.7 Å². The Morgan fingerprint density at radius 2 is 2.05 bits per heavy atom. The second-order valence-corrected chi connectivity index (χ2v) is 6.03. The molecule has 1 heterocycles. The van der Waals surface area contributed by atoms with Crippen LogP contribution in [0.4, 0.5) is 10.5 Å². The molecular formula is C16H21N3O2S. The molecule has 0 saturated carbocycles. The number of nitrogens with zero attached hydrogens (tertiary/aromatic N) is 2. The quantitative estimate of drug-likeness (QED) is 0.858. The van der Waals surface area contributed by atoms with E-state index < -0.39 is 0 Å². The fourth-order valence-electron chi connectivity index (χ4n) is 2.13. The summed E-state index contributed by atoms with van der Waals surface area (Å²) in [4.78, 5) is 18.2. The smallest absolute Gasteiger partial charge is 0.321 e. The first-order valence-corrected chi connectivity index (χ1v) is 8.21. The Morgan fingerprint density at radius 1 is 1.32 bits per heavy atom. The summed E-state index contributed by atoms with van der Waals surface area (Å²) in [5, 5.41) is 14.9. The predicted molar refractivity (Wildman–Crippen MR) is 90.3 cm³/mol. The minimum Gasteiger partial charge on any atom is -0.395 e. The summed E-state index contributed by atoms with van der Waals surface area (Å²) in [5.74, 6) is 0. The van der Waals surface area contributed by atoms with Crippen molar-refractivity contribution in [2.75, 3.05) is 25.0 Å². The average Bonchev–Trinajstić information content (AvgIpc) is 2.94. The third-order valence-electron chi connectivity index (χ3n) is 3.20. The van der Waals surface area contributed by atoms with E-state index in [2.05, 4.69) is 10.3 Å². The summed E-state index contributed by atoms with van der Waals surface area (Å²) in [6, 6.07) is 7.43. The first-order valence-electron chi connectivity index (χ1n) is 7.33. The number of amides is 2. The van der Waals surface area contributed by atoms with Crippen molar-refractivity contribution >= 4 is 23.1 Å². The van der Waals surface area contributed by atoms with E-state index in [0.717, 1.165) is 28.4 Å². The van der Waals surface area contributed by atoms with Gasteiger partial charge in [-0.3, -0.25) is 0 Å². The summed E-state index contributed by atoms with van der Waals surface area (Å²) in [5.41, 5.74) is 2.72. The molecule has 0 fully saturated rings. The van der Waals surface area contributed by atoms with Crippen molar-refractivity contribution in [2.24, 2.45) is 0 Å². The number of aryl methyl sites for hydroxylation is 1. The fourth-order valence-corrected chi connectivity index (χ4v) is 2.75. The maximum atomic E-state index is 12.1. The highest BCUT2D eigenvalue weighted by atomic mass is 32.1. The fraction of sp³-hybridized carbons (Fsp3) is 0.375. The summed E-state index contributed by atoms with van der Waals surface area (Å²) in [7, 11) is 0. The van der Waals surface area contributed by atoms with Crippen LogP contribution in [0.15, 0.2) is 29.6 Å². The van der Waals surface area contributed by atoms with Crippen LogP contribution < -0.4 is 5.32 Å². The van der Waals surface area contributed by atoms with Crippen molar-refractivity contribution < 1.29 is 9.90 Å². The standard InChI is InChI=1S/C16H21N3O2S/c1-3-8-19(9-10-20)16(21)18-14-6-4-13(5-7-14)15-11-22-12(2)17-15/h4-7,11,20H,3,8-10H2,1-2H3,(H,18,21). The lowest BCUT2D eigenvalue weighted by Crippen LogP contribution is -2.37. The Bertz CT molecular complexity index is 604. The molecule has 0 atom stereocenters. The SMILES string of the molecule is CCCN(CCO)C(=O)Nc1ccc(-c2csc(C)n2)cc1. The largest absolute Gasteiger partial charge is 0.395 e. The topological polar surface area (TPSA) is 65.5 Å². The number of hydrogen-bond acceptors (Lipinski definition) is 4. The van der Waals surface area contributed by atoms with Gasteiger partial charge in [-0.25, -0.2) is 9.78 Å². The molecule has 2 aromatic rings. The Balaban J connectivity index is 2.02. The van der Waals surface area contributed by atoms with Crippen LogP contribution in [-0.2, 0) is 0 Å². The second-order valence-electron chi connectivity index (χ2n) is 4.97. The van der Waals surface area contributed by atoms with Gasteiger partial charge in [0.05, 0.1) is 17.3 Å². The number of carbonyl (C=O) groups excluding carboxylic acids is 1. The zero-order chi connectivity index (χ0) is 15.9. The number of urea groups is 1. The van der Waals surface area contributed by atoms with Crippen LogP contribution >= 0.6 is 11.3 Å². The van der Waals surface area contributed by atoms with Crippen LogP contribution in [0.2, 0.25) is 0 Å². The highest BCUT2D eigenvalue weighted by molar-refractivity contribution is 7.09. The maximum Gasteiger partial charge on any atom is 0.321 e. The lowest BCUT2D eigenvalue weighted by Gasteiger charge is -2.21. The third kappa shape index (κ3) is 4.29. The van der Waals surface area contributed by atoms with Gasteiger partial charge in [0.2, 0.25) is 0 Å². The van der Waals surface area contributed by atoms with Gasteiger partial charge in [0.25, 0.3) is 0 Å². The summed E-state index contributed by atoms with van der Waals surface area (Å²) in [6.45, 7) is 4.92. The number of anilines is 1. The molecule has 0 spiro atoms. The highest BCUT2D eigenvalue weighted by Crippen LogP contribution is 2.23. The Kier molecular flexibility index (Phi) is 5.91. The molecule has 6 heteroatoms. The molecule has 2 N–H and O–H groups in total. The van der Waals surface area contributed by atoms with Gasteiger partial charge in [0.1, 0.15) is 0 Å². The van der Waals surface area contributed by atoms with Crippen molar-refractivity contribution in [1.29, 1.82) is 0 Å². The van der Waals surface area contributed by atoms with E-state index in [1.54, 1.807) is 16.2 Å². The molecule has 0 aliphatic carbocycles. The number of thiazole rings is 1. The number of aliphatic hydroxyl groups excluding tert-OH is 1. The summed E-state index contributed by atoms with van der Waals surface area (Å²) >= 11 is 1.62. The van der Waals surface area contributed by atoms with Crippen LogP contribution in [0.25, 0.3) is 11.3 Å². The summed E-state index contributed by atoms with van der Waals surface area (Å²) < 4.78 is 0. The number of hydrogen-bond donors (Lipinski definition) is 2. The average molecular weight is 319 g/mol. The van der Waals surface area contributed by atoms with E-state index in [-0.39, 0.29) is 12.6 Å². The van der Waals surface area contributed by atoms with Crippen LogP contribution in [0, 0.1) is 6.92 Å². The normalized spacial score (nSPS) is 10.5. The van der Waals surface area contributed by atoms with Crippen molar-refractivity contribution in [1.82, 2.24) is 9.88 Å². The van der Waals surface area contributed by atoms with Crippen molar-refractivity contribution in [2.45, 2.75) is 20.3 Å². The van der Waals surface area contributed by atoms with Gasteiger partial charge < -0.3 is 15.3 Å². The van der Waals surface area contributed by atoms with Crippen LogP contribution in [-0.4, -0.2) is 40.7 Å². The van der Waals surface area contributed by atoms with Gasteiger partial charge in [-0.2, -0.15) is 0 Å². The van der Waals surface area contributed by atoms with Crippen LogP contribution in [0.3, 0.4) is 0 Å². The molecule has 22 heavy (non-hydrogen) atoms. The predicted octanol–water partition coefficient (Wildman–Crippen LogP) is 3.35. The van der Waals surface area contributed by atoms with E-state index >= 15 is 0 Å². The molecule has 118 valence electrons. The Labute approximate surface area is 134 Å². The third-order valence-corrected chi connectivity index (χ3v) is 3.98. The van der Waals surface area contributed by atoms with Gasteiger partial charge in [-0.1, -0.05) is 19.1 Å². The zero-order valence-electron chi connectivity index (χ0n) is 12.9. The molecule has 1 aromatic heterocycles. The first-order chi connectivity index (χ1) is 10.6. The number of carbonyl (C=O) groups is 1. The Morgan fingerprint density at radius 3 is 2.59 bits per heavy atom. The van der Waals surface area contributed by atoms with Gasteiger partial charge in [-0.05, 0) is 25.5 Å². The van der Waals surface area contributed by atoms with E-state index in [0.29, 0.717) is 13.1 Å². The first kappa shape index (κ1) is 16.5. The van der Waals surface area contributed by atoms with E-state index in [9.17, 15) is 4.79 Å². The van der Waals surface area contributed by atoms with Gasteiger partial charge in [0.15, 0.2) is 0 Å². The van der Waals surface area contributed by atoms with E-state index in [4.69, 9.17) is 5.11 Å². The Hall–Kier alpha value is -1.92. The van der Waals surface area contributed by atoms with Crippen molar-refractivity contribution in [3.05, 3.63) is 34.7 Å². The number of rotatable bonds is 6. The molecule has 0 bridgehead atoms. The molecule has 0 aliphatic rings. The monoisotopic (exact) mass is 319 g/mol. The zero-order valence-corrected chi connectivity index (χ0v) is 13.7. The molecule has 0 aliphatic heterocycles. The van der Waals surface area contributed by atoms with E-state index in [1.165, 1.54) is 0 Å². The lowest BCUT2D eigenvalue weighted by molar-refractivity contribution is 0.188. The molecule has 0 radical (unpaired) electrons. The lowest BCUT2D eigenvalue weighted by atomic mass is 10.1. The number of benzene rings is 1. The molecule has 0 saturated heterocycles. The molecule has 5 nitrogen and oxygen atoms in total.